The first kappa shape index (κ1) is 20.7. The predicted octanol–water partition coefficient (Wildman–Crippen LogP) is 4.74. The Bertz CT molecular complexity index is 630. The molecule has 0 saturated heterocycles. The van der Waals surface area contributed by atoms with Crippen molar-refractivity contribution in [3.05, 3.63) is 41.5 Å². The minimum absolute atomic E-state index is 0.130. The summed E-state index contributed by atoms with van der Waals surface area (Å²) in [6.07, 6.45) is 2.33. The van der Waals surface area contributed by atoms with E-state index in [1.165, 1.54) is 0 Å². The second-order valence-corrected chi connectivity index (χ2v) is 6.90. The number of amides is 2. The van der Waals surface area contributed by atoms with Gasteiger partial charge in [-0.25, -0.2) is 4.79 Å². The summed E-state index contributed by atoms with van der Waals surface area (Å²) in [6.45, 7) is 12.1. The van der Waals surface area contributed by atoms with Crippen LogP contribution in [0.15, 0.2) is 35.9 Å². The zero-order chi connectivity index (χ0) is 19.0. The van der Waals surface area contributed by atoms with Crippen LogP contribution >= 0.6 is 0 Å². The van der Waals surface area contributed by atoms with E-state index in [2.05, 4.69) is 5.32 Å². The first-order chi connectivity index (χ1) is 11.7. The first-order valence-corrected chi connectivity index (χ1v) is 8.71. The van der Waals surface area contributed by atoms with Gasteiger partial charge in [-0.3, -0.25) is 4.79 Å². The van der Waals surface area contributed by atoms with Crippen molar-refractivity contribution in [3.8, 4) is 0 Å². The largest absolute Gasteiger partial charge is 0.444 e. The molecular formula is C20H30N2O3. The maximum Gasteiger partial charge on any atom is 0.410 e. The monoisotopic (exact) mass is 346 g/mol. The third-order valence-corrected chi connectivity index (χ3v) is 3.53. The maximum absolute atomic E-state index is 12.3. The van der Waals surface area contributed by atoms with Crippen molar-refractivity contribution in [2.75, 3.05) is 11.9 Å². The minimum atomic E-state index is -0.541. The number of hydrogen-bond acceptors (Lipinski definition) is 3. The molecule has 0 aliphatic heterocycles. The summed E-state index contributed by atoms with van der Waals surface area (Å²) in [6, 6.07) is 7.50. The number of nitrogens with zero attached hydrogens (tertiary/aromatic N) is 1. The van der Waals surface area contributed by atoms with Gasteiger partial charge in [-0.1, -0.05) is 31.2 Å². The highest BCUT2D eigenvalue weighted by molar-refractivity contribution is 6.03. The summed E-state index contributed by atoms with van der Waals surface area (Å²) in [5, 5.41) is 2.93. The molecule has 0 radical (unpaired) electrons. The lowest BCUT2D eigenvalue weighted by atomic mass is 10.1. The number of carbonyl (C=O) groups is 2. The Balaban J connectivity index is 2.93. The predicted molar refractivity (Wildman–Crippen MR) is 101 cm³/mol. The molecule has 0 unspecified atom stereocenters. The second kappa shape index (κ2) is 9.25. The second-order valence-electron chi connectivity index (χ2n) is 6.90. The molecule has 1 N–H and O–H groups in total. The van der Waals surface area contributed by atoms with Crippen LogP contribution in [0.2, 0.25) is 0 Å². The third kappa shape index (κ3) is 6.99. The van der Waals surface area contributed by atoms with Gasteiger partial charge in [-0.05, 0) is 52.7 Å². The number of anilines is 1. The van der Waals surface area contributed by atoms with Gasteiger partial charge in [0.15, 0.2) is 0 Å². The van der Waals surface area contributed by atoms with Gasteiger partial charge in [-0.15, -0.1) is 0 Å². The number of carbonyl (C=O) groups excluding carboxylic acids is 2. The minimum Gasteiger partial charge on any atom is -0.444 e. The fourth-order valence-electron chi connectivity index (χ4n) is 2.24. The number of rotatable bonds is 6. The van der Waals surface area contributed by atoms with Gasteiger partial charge in [0, 0.05) is 17.8 Å². The number of allylic oxidation sites excluding steroid dienone is 1. The molecule has 1 aromatic carbocycles. The molecule has 0 heterocycles. The smallest absolute Gasteiger partial charge is 0.410 e. The third-order valence-electron chi connectivity index (χ3n) is 3.53. The van der Waals surface area contributed by atoms with Crippen molar-refractivity contribution in [3.63, 3.8) is 0 Å². The fourth-order valence-corrected chi connectivity index (χ4v) is 2.24. The van der Waals surface area contributed by atoms with Crippen LogP contribution in [0, 0.1) is 0 Å². The van der Waals surface area contributed by atoms with Crippen molar-refractivity contribution < 1.29 is 14.3 Å². The summed E-state index contributed by atoms with van der Waals surface area (Å²) in [5.74, 6) is -0.130. The van der Waals surface area contributed by atoms with Crippen LogP contribution in [0.25, 0.3) is 0 Å². The van der Waals surface area contributed by atoms with Crippen LogP contribution in [0.4, 0.5) is 10.5 Å². The van der Waals surface area contributed by atoms with E-state index in [1.54, 1.807) is 11.8 Å². The highest BCUT2D eigenvalue weighted by Gasteiger charge is 2.22. The standard InChI is InChI=1S/C20H30N2O3/c1-7-11-15(3)18(23)21-17-13-10-9-12-16(17)14-22(8-2)19(24)25-20(4,5)6/h9-13H,7-8,14H2,1-6H3,(H,21,23)/b15-11-. The van der Waals surface area contributed by atoms with Gasteiger partial charge < -0.3 is 15.0 Å². The van der Waals surface area contributed by atoms with E-state index >= 15 is 0 Å². The lowest BCUT2D eigenvalue weighted by molar-refractivity contribution is -0.112. The molecule has 2 amide bonds. The Morgan fingerprint density at radius 1 is 1.20 bits per heavy atom. The molecule has 1 rings (SSSR count). The van der Waals surface area contributed by atoms with Crippen molar-refractivity contribution in [1.29, 1.82) is 0 Å². The molecule has 5 nitrogen and oxygen atoms in total. The maximum atomic E-state index is 12.3. The van der Waals surface area contributed by atoms with Gasteiger partial charge in [-0.2, -0.15) is 0 Å². The van der Waals surface area contributed by atoms with Crippen molar-refractivity contribution in [2.24, 2.45) is 0 Å². The van der Waals surface area contributed by atoms with Crippen molar-refractivity contribution in [2.45, 2.75) is 60.1 Å². The summed E-state index contributed by atoms with van der Waals surface area (Å²) >= 11 is 0. The zero-order valence-corrected chi connectivity index (χ0v) is 16.2. The molecule has 0 aliphatic carbocycles. The van der Waals surface area contributed by atoms with E-state index in [-0.39, 0.29) is 12.0 Å². The van der Waals surface area contributed by atoms with E-state index in [0.29, 0.717) is 24.4 Å². The van der Waals surface area contributed by atoms with Gasteiger partial charge in [0.05, 0.1) is 6.54 Å². The average Bonchev–Trinajstić information content (AvgIpc) is 2.52. The van der Waals surface area contributed by atoms with Gasteiger partial charge >= 0.3 is 6.09 Å². The Labute approximate surface area is 151 Å². The van der Waals surface area contributed by atoms with E-state index < -0.39 is 5.60 Å². The number of nitrogens with one attached hydrogen (secondary N) is 1. The lowest BCUT2D eigenvalue weighted by Crippen LogP contribution is -2.36. The highest BCUT2D eigenvalue weighted by atomic mass is 16.6. The van der Waals surface area contributed by atoms with Crippen molar-refractivity contribution in [1.82, 2.24) is 4.90 Å². The zero-order valence-electron chi connectivity index (χ0n) is 16.2. The SMILES string of the molecule is CC/C=C(/C)C(=O)Nc1ccccc1CN(CC)C(=O)OC(C)(C)C. The number of ether oxygens (including phenoxy) is 1. The molecule has 0 atom stereocenters. The molecule has 0 aliphatic rings. The average molecular weight is 346 g/mol. The molecule has 0 bridgehead atoms. The summed E-state index contributed by atoms with van der Waals surface area (Å²) in [4.78, 5) is 26.2. The van der Waals surface area contributed by atoms with Gasteiger partial charge in [0.1, 0.15) is 5.60 Å². The lowest BCUT2D eigenvalue weighted by Gasteiger charge is -2.27. The molecule has 0 fully saturated rings. The van der Waals surface area contributed by atoms with E-state index in [1.807, 2.05) is 65.0 Å². The van der Waals surface area contributed by atoms with Crippen LogP contribution in [0.1, 0.15) is 53.5 Å². The number of benzene rings is 1. The van der Waals surface area contributed by atoms with Crippen LogP contribution < -0.4 is 5.32 Å². The molecule has 5 heteroatoms. The number of hydrogen-bond donors (Lipinski definition) is 1. The van der Waals surface area contributed by atoms with Crippen LogP contribution in [-0.4, -0.2) is 29.0 Å². The molecular weight excluding hydrogens is 316 g/mol. The van der Waals surface area contributed by atoms with Gasteiger partial charge in [0.25, 0.3) is 5.91 Å². The molecule has 0 spiro atoms. The summed E-state index contributed by atoms with van der Waals surface area (Å²) in [5.41, 5.74) is 1.71. The van der Waals surface area contributed by atoms with E-state index in [0.717, 1.165) is 12.0 Å². The molecule has 1 aromatic rings. The van der Waals surface area contributed by atoms with Crippen molar-refractivity contribution >= 4 is 17.7 Å². The fraction of sp³-hybridized carbons (Fsp3) is 0.500. The molecule has 138 valence electrons. The normalized spacial score (nSPS) is 11.8. The van der Waals surface area contributed by atoms with E-state index in [9.17, 15) is 9.59 Å². The highest BCUT2D eigenvalue weighted by Crippen LogP contribution is 2.20. The Morgan fingerprint density at radius 2 is 1.84 bits per heavy atom. The summed E-state index contributed by atoms with van der Waals surface area (Å²) < 4.78 is 5.44. The van der Waals surface area contributed by atoms with Crippen LogP contribution in [0.5, 0.6) is 0 Å². The first-order valence-electron chi connectivity index (χ1n) is 8.71. The Morgan fingerprint density at radius 3 is 2.40 bits per heavy atom. The topological polar surface area (TPSA) is 58.6 Å². The van der Waals surface area contributed by atoms with Gasteiger partial charge in [0.2, 0.25) is 0 Å². The molecule has 0 aromatic heterocycles. The Kier molecular flexibility index (Phi) is 7.68. The van der Waals surface area contributed by atoms with Crippen LogP contribution in [0.3, 0.4) is 0 Å². The quantitative estimate of drug-likeness (QED) is 0.757. The number of para-hydroxylation sites is 1. The van der Waals surface area contributed by atoms with E-state index in [4.69, 9.17) is 4.74 Å². The molecule has 0 saturated carbocycles. The molecule has 25 heavy (non-hydrogen) atoms. The summed E-state index contributed by atoms with van der Waals surface area (Å²) in [7, 11) is 0. The Hall–Kier alpha value is -2.30. The van der Waals surface area contributed by atoms with Crippen LogP contribution in [-0.2, 0) is 16.1 Å².